The van der Waals surface area contributed by atoms with Crippen molar-refractivity contribution in [2.75, 3.05) is 6.61 Å². The first-order valence-electron chi connectivity index (χ1n) is 7.98. The quantitative estimate of drug-likeness (QED) is 0.702. The molecule has 1 N–H and O–H groups in total. The van der Waals surface area contributed by atoms with Crippen molar-refractivity contribution in [3.8, 4) is 0 Å². The van der Waals surface area contributed by atoms with Crippen LogP contribution in [0.5, 0.6) is 0 Å². The minimum Gasteiger partial charge on any atom is -0.452 e. The van der Waals surface area contributed by atoms with Gasteiger partial charge in [0.15, 0.2) is 6.61 Å². The molecule has 25 heavy (non-hydrogen) atoms. The van der Waals surface area contributed by atoms with E-state index in [4.69, 9.17) is 27.9 Å². The third kappa shape index (κ3) is 5.48. The Kier molecular flexibility index (Phi) is 7.29. The molecule has 0 radical (unpaired) electrons. The van der Waals surface area contributed by atoms with Crippen LogP contribution in [0.2, 0.25) is 10.0 Å². The van der Waals surface area contributed by atoms with Crippen LogP contribution in [-0.2, 0) is 9.53 Å². The Hall–Kier alpha value is -2.04. The second kappa shape index (κ2) is 9.44. The lowest BCUT2D eigenvalue weighted by atomic mass is 10.0. The summed E-state index contributed by atoms with van der Waals surface area (Å²) >= 11 is 11.8. The molecule has 0 aromatic heterocycles. The molecule has 0 saturated carbocycles. The normalized spacial score (nSPS) is 11.6. The second-order valence-electron chi connectivity index (χ2n) is 5.50. The Labute approximate surface area is 157 Å². The lowest BCUT2D eigenvalue weighted by molar-refractivity contribution is -0.125. The minimum absolute atomic E-state index is 0.114. The molecule has 2 aromatic carbocycles. The molecule has 0 unspecified atom stereocenters. The number of carbonyl (C=O) groups is 2. The Morgan fingerprint density at radius 1 is 1.08 bits per heavy atom. The third-order valence-corrected chi connectivity index (χ3v) is 4.44. The molecule has 0 aliphatic heterocycles. The van der Waals surface area contributed by atoms with Crippen LogP contribution in [0.4, 0.5) is 0 Å². The molecule has 1 amide bonds. The first-order chi connectivity index (χ1) is 12.0. The summed E-state index contributed by atoms with van der Waals surface area (Å²) in [6.45, 7) is 1.66. The summed E-state index contributed by atoms with van der Waals surface area (Å²) in [6, 6.07) is 14.2. The zero-order valence-electron chi connectivity index (χ0n) is 13.8. The van der Waals surface area contributed by atoms with Crippen molar-refractivity contribution in [1.29, 1.82) is 0 Å². The van der Waals surface area contributed by atoms with Gasteiger partial charge in [0.1, 0.15) is 0 Å². The van der Waals surface area contributed by atoms with E-state index >= 15 is 0 Å². The number of carbonyl (C=O) groups excluding carboxylic acids is 2. The Bertz CT molecular complexity index is 735. The topological polar surface area (TPSA) is 55.4 Å². The van der Waals surface area contributed by atoms with E-state index in [1.54, 1.807) is 12.1 Å². The molecule has 1 atom stereocenters. The average molecular weight is 380 g/mol. The fourth-order valence-corrected chi connectivity index (χ4v) is 2.78. The first-order valence-corrected chi connectivity index (χ1v) is 8.74. The number of ether oxygens (including phenoxy) is 1. The molecule has 0 fully saturated rings. The van der Waals surface area contributed by atoms with Crippen molar-refractivity contribution in [3.63, 3.8) is 0 Å². The highest BCUT2D eigenvalue weighted by atomic mass is 35.5. The number of benzene rings is 2. The number of amides is 1. The fourth-order valence-electron chi connectivity index (χ4n) is 2.40. The number of halogens is 2. The molecular formula is C19H19Cl2NO3. The maximum Gasteiger partial charge on any atom is 0.340 e. The highest BCUT2D eigenvalue weighted by molar-refractivity contribution is 6.43. The van der Waals surface area contributed by atoms with Gasteiger partial charge in [0.25, 0.3) is 5.91 Å². The standard InChI is InChI=1S/C19H19Cl2NO3/c1-2-7-16(13-8-4-3-5-9-13)22-17(23)12-25-19(24)14-10-6-11-15(20)18(14)21/h3-6,8-11,16H,2,7,12H2,1H3,(H,22,23)/t16-/m1/s1. The van der Waals surface area contributed by atoms with Crippen LogP contribution in [-0.4, -0.2) is 18.5 Å². The zero-order chi connectivity index (χ0) is 18.2. The van der Waals surface area contributed by atoms with Crippen LogP contribution in [0.25, 0.3) is 0 Å². The van der Waals surface area contributed by atoms with Crippen molar-refractivity contribution in [2.45, 2.75) is 25.8 Å². The van der Waals surface area contributed by atoms with E-state index in [1.165, 1.54) is 6.07 Å². The molecule has 4 nitrogen and oxygen atoms in total. The second-order valence-corrected chi connectivity index (χ2v) is 6.28. The number of esters is 1. The molecule has 6 heteroatoms. The average Bonchev–Trinajstić information content (AvgIpc) is 2.62. The van der Waals surface area contributed by atoms with Gasteiger partial charge in [-0.2, -0.15) is 0 Å². The molecular weight excluding hydrogens is 361 g/mol. The minimum atomic E-state index is -0.686. The molecule has 2 rings (SSSR count). The van der Waals surface area contributed by atoms with E-state index in [0.29, 0.717) is 0 Å². The predicted molar refractivity (Wildman–Crippen MR) is 99.0 cm³/mol. The molecule has 0 heterocycles. The van der Waals surface area contributed by atoms with E-state index in [1.807, 2.05) is 37.3 Å². The van der Waals surface area contributed by atoms with Gasteiger partial charge in [0.05, 0.1) is 21.7 Å². The van der Waals surface area contributed by atoms with Crippen LogP contribution < -0.4 is 5.32 Å². The lowest BCUT2D eigenvalue weighted by Crippen LogP contribution is -2.32. The van der Waals surface area contributed by atoms with Gasteiger partial charge in [-0.25, -0.2) is 4.79 Å². The fraction of sp³-hybridized carbons (Fsp3) is 0.263. The van der Waals surface area contributed by atoms with E-state index in [0.717, 1.165) is 18.4 Å². The number of nitrogens with one attached hydrogen (secondary N) is 1. The highest BCUT2D eigenvalue weighted by Crippen LogP contribution is 2.26. The van der Waals surface area contributed by atoms with Gasteiger partial charge in [0, 0.05) is 0 Å². The van der Waals surface area contributed by atoms with Crippen LogP contribution in [0.1, 0.15) is 41.7 Å². The van der Waals surface area contributed by atoms with Crippen molar-refractivity contribution >= 4 is 35.1 Å². The number of hydrogen-bond acceptors (Lipinski definition) is 3. The predicted octanol–water partition coefficient (Wildman–Crippen LogP) is 4.81. The van der Waals surface area contributed by atoms with E-state index in [-0.39, 0.29) is 34.2 Å². The Morgan fingerprint density at radius 3 is 2.48 bits per heavy atom. The van der Waals surface area contributed by atoms with Gasteiger partial charge < -0.3 is 10.1 Å². The molecule has 2 aromatic rings. The maximum atomic E-state index is 12.1. The smallest absolute Gasteiger partial charge is 0.340 e. The van der Waals surface area contributed by atoms with Crippen LogP contribution >= 0.6 is 23.2 Å². The molecule has 0 aliphatic carbocycles. The molecule has 0 spiro atoms. The SMILES string of the molecule is CCC[C@@H](NC(=O)COC(=O)c1cccc(Cl)c1Cl)c1ccccc1. The number of hydrogen-bond donors (Lipinski definition) is 1. The lowest BCUT2D eigenvalue weighted by Gasteiger charge is -2.18. The van der Waals surface area contributed by atoms with Gasteiger partial charge in [-0.3, -0.25) is 4.79 Å². The largest absolute Gasteiger partial charge is 0.452 e. The third-order valence-electron chi connectivity index (χ3n) is 3.62. The van der Waals surface area contributed by atoms with Gasteiger partial charge in [-0.1, -0.05) is 72.9 Å². The van der Waals surface area contributed by atoms with Crippen molar-refractivity contribution in [2.24, 2.45) is 0 Å². The summed E-state index contributed by atoms with van der Waals surface area (Å²) in [5.41, 5.74) is 1.15. The molecule has 0 aliphatic rings. The highest BCUT2D eigenvalue weighted by Gasteiger charge is 2.18. The molecule has 0 saturated heterocycles. The van der Waals surface area contributed by atoms with Gasteiger partial charge in [-0.15, -0.1) is 0 Å². The first kappa shape index (κ1) is 19.3. The summed E-state index contributed by atoms with van der Waals surface area (Å²) in [5.74, 6) is -1.05. The Morgan fingerprint density at radius 2 is 1.80 bits per heavy atom. The zero-order valence-corrected chi connectivity index (χ0v) is 15.3. The van der Waals surface area contributed by atoms with Gasteiger partial charge in [0.2, 0.25) is 0 Å². The van der Waals surface area contributed by atoms with Crippen molar-refractivity contribution in [1.82, 2.24) is 5.32 Å². The van der Waals surface area contributed by atoms with E-state index in [2.05, 4.69) is 5.32 Å². The van der Waals surface area contributed by atoms with Gasteiger partial charge in [-0.05, 0) is 24.1 Å². The van der Waals surface area contributed by atoms with Crippen LogP contribution in [0.15, 0.2) is 48.5 Å². The monoisotopic (exact) mass is 379 g/mol. The summed E-state index contributed by atoms with van der Waals surface area (Å²) in [7, 11) is 0. The maximum absolute atomic E-state index is 12.1. The van der Waals surface area contributed by atoms with Crippen LogP contribution in [0, 0.1) is 0 Å². The number of rotatable bonds is 7. The van der Waals surface area contributed by atoms with Crippen molar-refractivity contribution in [3.05, 3.63) is 69.7 Å². The summed E-state index contributed by atoms with van der Waals surface area (Å²) in [4.78, 5) is 24.2. The summed E-state index contributed by atoms with van der Waals surface area (Å²) in [5, 5.41) is 3.26. The molecule has 0 bridgehead atoms. The van der Waals surface area contributed by atoms with Crippen molar-refractivity contribution < 1.29 is 14.3 Å². The summed E-state index contributed by atoms with van der Waals surface area (Å²) in [6.07, 6.45) is 1.71. The van der Waals surface area contributed by atoms with Gasteiger partial charge >= 0.3 is 5.97 Å². The van der Waals surface area contributed by atoms with Crippen LogP contribution in [0.3, 0.4) is 0 Å². The Balaban J connectivity index is 1.95. The summed E-state index contributed by atoms with van der Waals surface area (Å²) < 4.78 is 5.05. The van der Waals surface area contributed by atoms with E-state index in [9.17, 15) is 9.59 Å². The molecule has 132 valence electrons. The van der Waals surface area contributed by atoms with E-state index < -0.39 is 5.97 Å².